The molecule has 188 valence electrons. The molecule has 0 amide bonds. The van der Waals surface area contributed by atoms with E-state index in [9.17, 15) is 14.4 Å². The predicted octanol–water partition coefficient (Wildman–Crippen LogP) is 4.16. The standard InChI is InChI=1S/C25H31N3O5S2/c1-13(2)32-23(30)20-15(5)21(24(31)33-14(3)4)35-22(20)26-25(34)27-10-16-9-17(12-27)18-7-6-8-19(29)28(18)11-16/h6-8,13-14,16-17H,9-12H2,1-5H3,(H,26,34). The van der Waals surface area contributed by atoms with Crippen LogP contribution in [0.2, 0.25) is 0 Å². The van der Waals surface area contributed by atoms with Crippen molar-refractivity contribution in [3.63, 3.8) is 0 Å². The van der Waals surface area contributed by atoms with Crippen LogP contribution < -0.4 is 10.9 Å². The summed E-state index contributed by atoms with van der Waals surface area (Å²) in [7, 11) is 0. The Labute approximate surface area is 214 Å². The minimum Gasteiger partial charge on any atom is -0.459 e. The lowest BCUT2D eigenvalue weighted by Gasteiger charge is -2.43. The van der Waals surface area contributed by atoms with Crippen molar-refractivity contribution in [2.75, 3.05) is 18.4 Å². The molecule has 0 saturated carbocycles. The number of carbonyl (C=O) groups is 2. The van der Waals surface area contributed by atoms with Crippen LogP contribution in [0.4, 0.5) is 5.00 Å². The molecule has 4 rings (SSSR count). The molecule has 0 radical (unpaired) electrons. The maximum absolute atomic E-state index is 12.9. The third kappa shape index (κ3) is 5.28. The van der Waals surface area contributed by atoms with Gasteiger partial charge < -0.3 is 24.3 Å². The highest BCUT2D eigenvalue weighted by molar-refractivity contribution is 7.80. The topological polar surface area (TPSA) is 89.9 Å². The molecule has 2 aliphatic rings. The number of esters is 2. The van der Waals surface area contributed by atoms with E-state index in [-0.39, 0.29) is 23.7 Å². The molecule has 1 N–H and O–H groups in total. The van der Waals surface area contributed by atoms with E-state index in [1.54, 1.807) is 40.7 Å². The van der Waals surface area contributed by atoms with Gasteiger partial charge in [0.2, 0.25) is 0 Å². The Balaban J connectivity index is 1.59. The van der Waals surface area contributed by atoms with E-state index in [2.05, 4.69) is 10.2 Å². The summed E-state index contributed by atoms with van der Waals surface area (Å²) in [6.45, 7) is 10.9. The number of aromatic nitrogens is 1. The fourth-order valence-corrected chi connectivity index (χ4v) is 6.21. The van der Waals surface area contributed by atoms with Crippen LogP contribution >= 0.6 is 23.6 Å². The highest BCUT2D eigenvalue weighted by Crippen LogP contribution is 2.37. The fraction of sp³-hybridized carbons (Fsp3) is 0.520. The minimum atomic E-state index is -0.508. The van der Waals surface area contributed by atoms with Gasteiger partial charge in [0.1, 0.15) is 9.88 Å². The predicted molar refractivity (Wildman–Crippen MR) is 140 cm³/mol. The average molecular weight is 518 g/mol. The SMILES string of the molecule is Cc1c(C(=O)OC(C)C)sc(NC(=S)N2CC3CC(C2)c2cccc(=O)n2C3)c1C(=O)OC(C)C. The molecule has 8 nitrogen and oxygen atoms in total. The molecule has 2 bridgehead atoms. The van der Waals surface area contributed by atoms with Crippen LogP contribution in [0.25, 0.3) is 0 Å². The van der Waals surface area contributed by atoms with Gasteiger partial charge in [-0.25, -0.2) is 9.59 Å². The Bertz CT molecular complexity index is 1220. The Kier molecular flexibility index (Phi) is 7.32. The number of anilines is 1. The molecule has 0 aliphatic carbocycles. The van der Waals surface area contributed by atoms with Gasteiger partial charge in [0.25, 0.3) is 5.56 Å². The van der Waals surface area contributed by atoms with Crippen LogP contribution in [0.1, 0.15) is 71.3 Å². The van der Waals surface area contributed by atoms with Crippen LogP contribution in [0.15, 0.2) is 23.0 Å². The maximum Gasteiger partial charge on any atom is 0.348 e. The molecule has 0 aromatic carbocycles. The summed E-state index contributed by atoms with van der Waals surface area (Å²) in [5.74, 6) is -0.489. The van der Waals surface area contributed by atoms with Crippen LogP contribution in [-0.4, -0.2) is 51.8 Å². The molecule has 35 heavy (non-hydrogen) atoms. The van der Waals surface area contributed by atoms with Gasteiger partial charge in [-0.1, -0.05) is 6.07 Å². The molecule has 1 saturated heterocycles. The van der Waals surface area contributed by atoms with Crippen molar-refractivity contribution >= 4 is 45.6 Å². The molecular formula is C25H31N3O5S2. The number of ether oxygens (including phenoxy) is 2. The summed E-state index contributed by atoms with van der Waals surface area (Å²) in [6.07, 6.45) is 0.422. The molecular weight excluding hydrogens is 486 g/mol. The Morgan fingerprint density at radius 2 is 1.77 bits per heavy atom. The normalized spacial score (nSPS) is 18.9. The summed E-state index contributed by atoms with van der Waals surface area (Å²) >= 11 is 6.91. The molecule has 2 aromatic rings. The average Bonchev–Trinajstić information content (AvgIpc) is 3.09. The first-order chi connectivity index (χ1) is 16.5. The maximum atomic E-state index is 12.9. The lowest BCUT2D eigenvalue weighted by Crippen LogP contribution is -2.50. The Hall–Kier alpha value is -2.72. The van der Waals surface area contributed by atoms with Crippen molar-refractivity contribution < 1.29 is 19.1 Å². The highest BCUT2D eigenvalue weighted by atomic mass is 32.1. The molecule has 2 unspecified atom stereocenters. The lowest BCUT2D eigenvalue weighted by atomic mass is 9.83. The van der Waals surface area contributed by atoms with E-state index in [4.69, 9.17) is 21.7 Å². The number of pyridine rings is 1. The molecule has 2 aromatic heterocycles. The Morgan fingerprint density at radius 1 is 1.09 bits per heavy atom. The number of thiocarbonyl (C=S) groups is 1. The minimum absolute atomic E-state index is 0.0366. The number of likely N-dealkylation sites (tertiary alicyclic amines) is 1. The molecule has 4 heterocycles. The second-order valence-corrected chi connectivity index (χ2v) is 11.1. The summed E-state index contributed by atoms with van der Waals surface area (Å²) in [5.41, 5.74) is 1.89. The van der Waals surface area contributed by atoms with Gasteiger partial charge in [0.15, 0.2) is 5.11 Å². The van der Waals surface area contributed by atoms with Crippen LogP contribution in [-0.2, 0) is 16.0 Å². The number of nitrogens with zero attached hydrogens (tertiary/aromatic N) is 2. The number of fused-ring (bicyclic) bond motifs is 4. The molecule has 1 fully saturated rings. The number of piperidine rings is 1. The second-order valence-electron chi connectivity index (χ2n) is 9.70. The summed E-state index contributed by atoms with van der Waals surface area (Å²) < 4.78 is 12.7. The highest BCUT2D eigenvalue weighted by Gasteiger charge is 2.36. The van der Waals surface area contributed by atoms with Gasteiger partial charge in [-0.05, 0) is 70.8 Å². The molecule has 2 atom stereocenters. The molecule has 10 heteroatoms. The number of rotatable bonds is 5. The van der Waals surface area contributed by atoms with Crippen LogP contribution in [0.3, 0.4) is 0 Å². The third-order valence-electron chi connectivity index (χ3n) is 6.21. The van der Waals surface area contributed by atoms with Crippen molar-refractivity contribution in [3.05, 3.63) is 50.3 Å². The summed E-state index contributed by atoms with van der Waals surface area (Å²) in [4.78, 5) is 40.4. The zero-order chi connectivity index (χ0) is 25.4. The van der Waals surface area contributed by atoms with E-state index in [1.165, 1.54) is 0 Å². The first-order valence-electron chi connectivity index (χ1n) is 11.9. The number of thiophene rings is 1. The van der Waals surface area contributed by atoms with E-state index in [0.717, 1.165) is 23.5 Å². The van der Waals surface area contributed by atoms with Crippen molar-refractivity contribution in [3.8, 4) is 0 Å². The molecule has 2 aliphatic heterocycles. The van der Waals surface area contributed by atoms with E-state index in [1.807, 2.05) is 16.7 Å². The first-order valence-corrected chi connectivity index (χ1v) is 13.1. The number of hydrogen-bond acceptors (Lipinski definition) is 7. The summed E-state index contributed by atoms with van der Waals surface area (Å²) in [5, 5.41) is 4.18. The zero-order valence-corrected chi connectivity index (χ0v) is 22.3. The van der Waals surface area contributed by atoms with E-state index < -0.39 is 11.9 Å². The number of nitrogens with one attached hydrogen (secondary N) is 1. The van der Waals surface area contributed by atoms with Crippen molar-refractivity contribution in [2.45, 2.75) is 65.7 Å². The van der Waals surface area contributed by atoms with Crippen molar-refractivity contribution in [1.82, 2.24) is 9.47 Å². The zero-order valence-electron chi connectivity index (χ0n) is 20.6. The largest absolute Gasteiger partial charge is 0.459 e. The van der Waals surface area contributed by atoms with Gasteiger partial charge in [-0.15, -0.1) is 11.3 Å². The van der Waals surface area contributed by atoms with Crippen molar-refractivity contribution in [1.29, 1.82) is 0 Å². The van der Waals surface area contributed by atoms with Gasteiger partial charge in [0, 0.05) is 37.3 Å². The van der Waals surface area contributed by atoms with E-state index in [0.29, 0.717) is 51.7 Å². The number of hydrogen-bond donors (Lipinski definition) is 1. The molecule has 0 spiro atoms. The van der Waals surface area contributed by atoms with Crippen molar-refractivity contribution in [2.24, 2.45) is 5.92 Å². The van der Waals surface area contributed by atoms with Gasteiger partial charge in [-0.3, -0.25) is 4.79 Å². The summed E-state index contributed by atoms with van der Waals surface area (Å²) in [6, 6.07) is 5.42. The monoisotopic (exact) mass is 517 g/mol. The van der Waals surface area contributed by atoms with Gasteiger partial charge in [-0.2, -0.15) is 0 Å². The third-order valence-corrected chi connectivity index (χ3v) is 7.76. The lowest BCUT2D eigenvalue weighted by molar-refractivity contribution is 0.0378. The van der Waals surface area contributed by atoms with E-state index >= 15 is 0 Å². The second kappa shape index (κ2) is 10.1. The smallest absolute Gasteiger partial charge is 0.348 e. The fourth-order valence-electron chi connectivity index (χ4n) is 4.82. The van der Waals surface area contributed by atoms with Crippen LogP contribution in [0, 0.1) is 12.8 Å². The van der Waals surface area contributed by atoms with Gasteiger partial charge >= 0.3 is 11.9 Å². The Morgan fingerprint density at radius 3 is 2.46 bits per heavy atom. The quantitative estimate of drug-likeness (QED) is 0.467. The van der Waals surface area contributed by atoms with Gasteiger partial charge in [0.05, 0.1) is 17.8 Å². The number of carbonyl (C=O) groups excluding carboxylic acids is 2. The first kappa shape index (κ1) is 25.4. The van der Waals surface area contributed by atoms with Crippen LogP contribution in [0.5, 0.6) is 0 Å².